The maximum absolute atomic E-state index is 13.8. The van der Waals surface area contributed by atoms with Crippen LogP contribution in [-0.4, -0.2) is 73.0 Å². The van der Waals surface area contributed by atoms with Gasteiger partial charge in [-0.05, 0) is 69.0 Å². The van der Waals surface area contributed by atoms with Crippen molar-refractivity contribution >= 4 is 35.0 Å². The topological polar surface area (TPSA) is 64.7 Å². The Labute approximate surface area is 237 Å². The molecule has 2 fully saturated rings. The summed E-state index contributed by atoms with van der Waals surface area (Å²) in [6.45, 7) is 7.14. The average Bonchev–Trinajstić information content (AvgIpc) is 3.09. The van der Waals surface area contributed by atoms with E-state index >= 15 is 0 Å². The van der Waals surface area contributed by atoms with Crippen molar-refractivity contribution in [1.82, 2.24) is 20.4 Å². The Morgan fingerprint density at radius 3 is 2.53 bits per heavy atom. The van der Waals surface area contributed by atoms with Gasteiger partial charge in [0.2, 0.25) is 5.91 Å². The van der Waals surface area contributed by atoms with E-state index in [0.717, 1.165) is 38.9 Å². The normalized spacial score (nSPS) is 21.7. The number of amides is 2. The van der Waals surface area contributed by atoms with Crippen molar-refractivity contribution in [3.8, 4) is 0 Å². The van der Waals surface area contributed by atoms with Crippen molar-refractivity contribution in [2.24, 2.45) is 0 Å². The number of halogens is 2. The molecule has 2 amide bonds. The monoisotopic (exact) mass is 558 g/mol. The van der Waals surface area contributed by atoms with Gasteiger partial charge in [0, 0.05) is 43.7 Å². The molecular formula is C30H40Cl2N4O2. The number of piperidine rings is 1. The summed E-state index contributed by atoms with van der Waals surface area (Å²) >= 11 is 12.1. The Morgan fingerprint density at radius 2 is 1.82 bits per heavy atom. The highest BCUT2D eigenvalue weighted by Gasteiger charge is 2.32. The van der Waals surface area contributed by atoms with Crippen molar-refractivity contribution in [3.05, 3.63) is 69.7 Å². The summed E-state index contributed by atoms with van der Waals surface area (Å²) in [5.41, 5.74) is 1.75. The number of carbonyl (C=O) groups excluding carboxylic acids is 2. The Bertz CT molecular complexity index is 1060. The lowest BCUT2D eigenvalue weighted by molar-refractivity contribution is -0.133. The number of hydrogen-bond donors (Lipinski definition) is 2. The van der Waals surface area contributed by atoms with Crippen LogP contribution in [0.1, 0.15) is 67.3 Å². The molecule has 0 unspecified atom stereocenters. The lowest BCUT2D eigenvalue weighted by atomic mass is 9.95. The van der Waals surface area contributed by atoms with E-state index in [0.29, 0.717) is 41.2 Å². The number of likely N-dealkylation sites (tertiary alicyclic amines) is 1. The molecule has 2 aromatic rings. The SMILES string of the molecule is CC[C@@H](CN1CC[C@@H](CNC(=O)c2ccc(Cl)c(Cl)c2)N[C@@H](CCN2CCCCC2)C1=O)c1ccccc1. The number of rotatable bonds is 10. The van der Waals surface area contributed by atoms with Crippen molar-refractivity contribution in [2.45, 2.75) is 63.5 Å². The van der Waals surface area contributed by atoms with Crippen LogP contribution in [0.2, 0.25) is 10.0 Å². The van der Waals surface area contributed by atoms with Gasteiger partial charge in [0.15, 0.2) is 0 Å². The van der Waals surface area contributed by atoms with E-state index in [1.807, 2.05) is 6.07 Å². The Morgan fingerprint density at radius 1 is 1.05 bits per heavy atom. The largest absolute Gasteiger partial charge is 0.350 e. The van der Waals surface area contributed by atoms with E-state index in [-0.39, 0.29) is 23.9 Å². The molecule has 6 nitrogen and oxygen atoms in total. The van der Waals surface area contributed by atoms with Gasteiger partial charge in [-0.25, -0.2) is 0 Å². The van der Waals surface area contributed by atoms with Gasteiger partial charge in [0.1, 0.15) is 0 Å². The van der Waals surface area contributed by atoms with Crippen LogP contribution >= 0.6 is 23.2 Å². The third kappa shape index (κ3) is 7.95. The third-order valence-electron chi connectivity index (χ3n) is 7.87. The first kappa shape index (κ1) is 28.9. The molecule has 2 N–H and O–H groups in total. The van der Waals surface area contributed by atoms with E-state index in [4.69, 9.17) is 23.2 Å². The number of carbonyl (C=O) groups is 2. The molecule has 0 aliphatic carbocycles. The molecular weight excluding hydrogens is 519 g/mol. The molecule has 0 aromatic heterocycles. The van der Waals surface area contributed by atoms with Gasteiger partial charge in [0.05, 0.1) is 16.1 Å². The second-order valence-electron chi connectivity index (χ2n) is 10.5. The maximum Gasteiger partial charge on any atom is 0.251 e. The molecule has 206 valence electrons. The van der Waals surface area contributed by atoms with Gasteiger partial charge in [-0.2, -0.15) is 0 Å². The molecule has 8 heteroatoms. The summed E-state index contributed by atoms with van der Waals surface area (Å²) in [6, 6.07) is 15.1. The van der Waals surface area contributed by atoms with E-state index < -0.39 is 0 Å². The first-order valence-corrected chi connectivity index (χ1v) is 14.8. The summed E-state index contributed by atoms with van der Waals surface area (Å²) < 4.78 is 0. The number of nitrogens with one attached hydrogen (secondary N) is 2. The van der Waals surface area contributed by atoms with Crippen LogP contribution in [0.25, 0.3) is 0 Å². The van der Waals surface area contributed by atoms with Crippen LogP contribution in [0, 0.1) is 0 Å². The van der Waals surface area contributed by atoms with E-state index in [1.165, 1.54) is 24.8 Å². The second kappa shape index (κ2) is 14.3. The zero-order chi connectivity index (χ0) is 26.9. The summed E-state index contributed by atoms with van der Waals surface area (Å²) in [7, 11) is 0. The standard InChI is InChI=1S/C30H40Cl2N4O2/c1-2-22(23-9-5-3-6-10-23)21-36-18-13-25(20-33-29(37)24-11-12-26(31)27(32)19-24)34-28(30(36)38)14-17-35-15-7-4-8-16-35/h3,5-6,9-12,19,22,25,28,34H,2,4,7-8,13-18,20-21H2,1H3,(H,33,37)/t22-,25-,28-/m0/s1. The van der Waals surface area contributed by atoms with Crippen LogP contribution in [0.15, 0.2) is 48.5 Å². The third-order valence-corrected chi connectivity index (χ3v) is 8.61. The second-order valence-corrected chi connectivity index (χ2v) is 11.3. The highest BCUT2D eigenvalue weighted by atomic mass is 35.5. The Hall–Kier alpha value is -2.12. The molecule has 0 radical (unpaired) electrons. The number of nitrogens with zero attached hydrogens (tertiary/aromatic N) is 2. The van der Waals surface area contributed by atoms with Crippen molar-refractivity contribution in [3.63, 3.8) is 0 Å². The molecule has 38 heavy (non-hydrogen) atoms. The first-order chi connectivity index (χ1) is 18.4. The van der Waals surface area contributed by atoms with Gasteiger partial charge < -0.3 is 20.4 Å². The minimum absolute atomic E-state index is 0.00108. The fourth-order valence-electron chi connectivity index (χ4n) is 5.54. The van der Waals surface area contributed by atoms with Crippen LogP contribution in [-0.2, 0) is 4.79 Å². The zero-order valence-electron chi connectivity index (χ0n) is 22.3. The molecule has 2 aliphatic rings. The van der Waals surface area contributed by atoms with E-state index in [1.54, 1.807) is 18.2 Å². The van der Waals surface area contributed by atoms with Crippen LogP contribution < -0.4 is 10.6 Å². The smallest absolute Gasteiger partial charge is 0.251 e. The molecule has 0 spiro atoms. The number of benzene rings is 2. The first-order valence-electron chi connectivity index (χ1n) is 14.0. The Kier molecular flexibility index (Phi) is 10.9. The molecule has 0 bridgehead atoms. The number of hydrogen-bond acceptors (Lipinski definition) is 4. The minimum Gasteiger partial charge on any atom is -0.350 e. The quantitative estimate of drug-likeness (QED) is 0.412. The fraction of sp³-hybridized carbons (Fsp3) is 0.533. The Balaban J connectivity index is 1.43. The maximum atomic E-state index is 13.8. The summed E-state index contributed by atoms with van der Waals surface area (Å²) in [5.74, 6) is 0.279. The van der Waals surface area contributed by atoms with Gasteiger partial charge in [-0.3, -0.25) is 9.59 Å². The zero-order valence-corrected chi connectivity index (χ0v) is 23.8. The van der Waals surface area contributed by atoms with Gasteiger partial charge in [-0.1, -0.05) is 66.9 Å². The fourth-order valence-corrected chi connectivity index (χ4v) is 5.84. The van der Waals surface area contributed by atoms with Gasteiger partial charge >= 0.3 is 0 Å². The van der Waals surface area contributed by atoms with Crippen LogP contribution in [0.5, 0.6) is 0 Å². The van der Waals surface area contributed by atoms with E-state index in [9.17, 15) is 9.59 Å². The van der Waals surface area contributed by atoms with Crippen LogP contribution in [0.3, 0.4) is 0 Å². The minimum atomic E-state index is -0.264. The van der Waals surface area contributed by atoms with Gasteiger partial charge in [0.25, 0.3) is 5.91 Å². The molecule has 2 aromatic carbocycles. The molecule has 4 rings (SSSR count). The summed E-state index contributed by atoms with van der Waals surface area (Å²) in [5, 5.41) is 7.42. The predicted molar refractivity (Wildman–Crippen MR) is 155 cm³/mol. The van der Waals surface area contributed by atoms with Crippen molar-refractivity contribution < 1.29 is 9.59 Å². The van der Waals surface area contributed by atoms with Crippen molar-refractivity contribution in [1.29, 1.82) is 0 Å². The summed E-state index contributed by atoms with van der Waals surface area (Å²) in [6.07, 6.45) is 6.29. The van der Waals surface area contributed by atoms with E-state index in [2.05, 4.69) is 51.6 Å². The highest BCUT2D eigenvalue weighted by Crippen LogP contribution is 2.24. The lowest BCUT2D eigenvalue weighted by Crippen LogP contribution is -2.50. The summed E-state index contributed by atoms with van der Waals surface area (Å²) in [4.78, 5) is 31.1. The molecule has 0 saturated carbocycles. The predicted octanol–water partition coefficient (Wildman–Crippen LogP) is 5.35. The highest BCUT2D eigenvalue weighted by molar-refractivity contribution is 6.42. The van der Waals surface area contributed by atoms with Crippen LogP contribution in [0.4, 0.5) is 0 Å². The molecule has 2 saturated heterocycles. The lowest BCUT2D eigenvalue weighted by Gasteiger charge is -2.31. The molecule has 2 aliphatic heterocycles. The van der Waals surface area contributed by atoms with Gasteiger partial charge in [-0.15, -0.1) is 0 Å². The molecule has 3 atom stereocenters. The molecule has 2 heterocycles. The average molecular weight is 560 g/mol. The van der Waals surface area contributed by atoms with Crippen molar-refractivity contribution in [2.75, 3.05) is 39.3 Å².